The van der Waals surface area contributed by atoms with E-state index in [0.29, 0.717) is 40.0 Å². The highest BCUT2D eigenvalue weighted by Crippen LogP contribution is 2.26. The van der Waals surface area contributed by atoms with Crippen LogP contribution in [0.2, 0.25) is 10.0 Å². The third kappa shape index (κ3) is 2.63. The quantitative estimate of drug-likeness (QED) is 0.935. The van der Waals surface area contributed by atoms with E-state index in [1.54, 1.807) is 6.07 Å². The van der Waals surface area contributed by atoms with Crippen LogP contribution in [0.5, 0.6) is 0 Å². The molecule has 0 atom stereocenters. The summed E-state index contributed by atoms with van der Waals surface area (Å²) in [5, 5.41) is 8.03. The molecule has 1 aliphatic rings. The Balaban J connectivity index is 1.78. The molecule has 18 heavy (non-hydrogen) atoms. The van der Waals surface area contributed by atoms with Crippen LogP contribution in [-0.2, 0) is 6.54 Å². The number of nitrogens with one attached hydrogen (secondary N) is 1. The van der Waals surface area contributed by atoms with Gasteiger partial charge in [-0.1, -0.05) is 28.4 Å². The molecular formula is C11H10Cl2N4O. The van der Waals surface area contributed by atoms with Crippen molar-refractivity contribution in [2.24, 2.45) is 0 Å². The molecular weight excluding hydrogens is 275 g/mol. The average molecular weight is 285 g/mol. The van der Waals surface area contributed by atoms with Crippen molar-refractivity contribution in [1.29, 1.82) is 0 Å². The van der Waals surface area contributed by atoms with Crippen molar-refractivity contribution in [3.05, 3.63) is 28.2 Å². The lowest BCUT2D eigenvalue weighted by Crippen LogP contribution is -2.15. The van der Waals surface area contributed by atoms with Crippen molar-refractivity contribution in [1.82, 2.24) is 20.4 Å². The lowest BCUT2D eigenvalue weighted by molar-refractivity contribution is 0.367. The van der Waals surface area contributed by atoms with Crippen molar-refractivity contribution < 1.29 is 4.52 Å². The van der Waals surface area contributed by atoms with Gasteiger partial charge in [0, 0.05) is 12.2 Å². The first-order valence-electron chi connectivity index (χ1n) is 5.60. The lowest BCUT2D eigenvalue weighted by Gasteiger charge is -1.97. The van der Waals surface area contributed by atoms with Crippen LogP contribution in [0.25, 0.3) is 11.5 Å². The maximum atomic E-state index is 6.03. The lowest BCUT2D eigenvalue weighted by atomic mass is 10.3. The van der Waals surface area contributed by atoms with Crippen molar-refractivity contribution in [2.75, 3.05) is 0 Å². The normalized spacial score (nSPS) is 15.0. The molecule has 1 fully saturated rings. The fourth-order valence-electron chi connectivity index (χ4n) is 1.52. The number of hydrogen-bond acceptors (Lipinski definition) is 5. The number of halogens is 2. The third-order valence-electron chi connectivity index (χ3n) is 2.61. The summed E-state index contributed by atoms with van der Waals surface area (Å²) < 4.78 is 5.13. The highest BCUT2D eigenvalue weighted by Gasteiger charge is 2.21. The molecule has 1 N–H and O–H groups in total. The number of nitrogens with zero attached hydrogens (tertiary/aromatic N) is 3. The van der Waals surface area contributed by atoms with Gasteiger partial charge in [0.1, 0.15) is 5.69 Å². The number of rotatable bonds is 4. The second-order valence-electron chi connectivity index (χ2n) is 4.15. The van der Waals surface area contributed by atoms with Gasteiger partial charge in [0.2, 0.25) is 11.7 Å². The van der Waals surface area contributed by atoms with Gasteiger partial charge in [0.05, 0.1) is 16.6 Å². The minimum atomic E-state index is 0.379. The Bertz CT molecular complexity index is 568. The van der Waals surface area contributed by atoms with Gasteiger partial charge in [-0.15, -0.1) is 0 Å². The van der Waals surface area contributed by atoms with Crippen LogP contribution < -0.4 is 5.32 Å². The Morgan fingerprint density at radius 2 is 2.22 bits per heavy atom. The number of pyridine rings is 1. The topological polar surface area (TPSA) is 63.8 Å². The molecule has 7 heteroatoms. The molecule has 2 aromatic heterocycles. The molecule has 0 saturated heterocycles. The minimum absolute atomic E-state index is 0.379. The van der Waals surface area contributed by atoms with E-state index in [9.17, 15) is 0 Å². The fourth-order valence-corrected chi connectivity index (χ4v) is 1.99. The molecule has 0 aromatic carbocycles. The second-order valence-corrected chi connectivity index (χ2v) is 4.99. The van der Waals surface area contributed by atoms with Gasteiger partial charge in [-0.25, -0.2) is 4.98 Å². The Morgan fingerprint density at radius 1 is 1.39 bits per heavy atom. The van der Waals surface area contributed by atoms with Crippen molar-refractivity contribution in [3.63, 3.8) is 0 Å². The maximum Gasteiger partial charge on any atom is 0.240 e. The predicted octanol–water partition coefficient (Wildman–Crippen LogP) is 2.69. The number of aromatic nitrogens is 3. The Morgan fingerprint density at radius 3 is 2.94 bits per heavy atom. The average Bonchev–Trinajstić information content (AvgIpc) is 3.05. The monoisotopic (exact) mass is 284 g/mol. The molecule has 0 radical (unpaired) electrons. The van der Waals surface area contributed by atoms with Crippen LogP contribution in [0.1, 0.15) is 18.7 Å². The van der Waals surface area contributed by atoms with E-state index in [4.69, 9.17) is 27.7 Å². The van der Waals surface area contributed by atoms with Gasteiger partial charge in [0.25, 0.3) is 0 Å². The Labute approximate surface area is 114 Å². The first-order chi connectivity index (χ1) is 8.72. The van der Waals surface area contributed by atoms with Gasteiger partial charge in [-0.05, 0) is 18.9 Å². The summed E-state index contributed by atoms with van der Waals surface area (Å²) in [5.41, 5.74) is 0.475. The third-order valence-corrected chi connectivity index (χ3v) is 3.10. The summed E-state index contributed by atoms with van der Waals surface area (Å²) in [6.07, 6.45) is 3.93. The summed E-state index contributed by atoms with van der Waals surface area (Å²) in [7, 11) is 0. The standard InChI is InChI=1S/C11H10Cl2N4O/c12-6-3-8(13)10(15-4-6)11-16-9(18-17-11)5-14-7-1-2-7/h3-4,7,14H,1-2,5H2. The summed E-state index contributed by atoms with van der Waals surface area (Å²) in [4.78, 5) is 8.34. The van der Waals surface area contributed by atoms with Gasteiger partial charge >= 0.3 is 0 Å². The zero-order valence-corrected chi connectivity index (χ0v) is 10.9. The van der Waals surface area contributed by atoms with E-state index in [1.165, 1.54) is 19.0 Å². The predicted molar refractivity (Wildman–Crippen MR) is 67.4 cm³/mol. The Kier molecular flexibility index (Phi) is 3.20. The van der Waals surface area contributed by atoms with E-state index < -0.39 is 0 Å². The van der Waals surface area contributed by atoms with Crippen LogP contribution in [0.4, 0.5) is 0 Å². The van der Waals surface area contributed by atoms with Crippen LogP contribution in [0.3, 0.4) is 0 Å². The molecule has 2 aromatic rings. The molecule has 5 nitrogen and oxygen atoms in total. The molecule has 0 unspecified atom stereocenters. The molecule has 0 bridgehead atoms. The van der Waals surface area contributed by atoms with Gasteiger partial charge in [0.15, 0.2) is 0 Å². The molecule has 0 spiro atoms. The van der Waals surface area contributed by atoms with Crippen LogP contribution >= 0.6 is 23.2 Å². The molecule has 0 amide bonds. The van der Waals surface area contributed by atoms with Crippen molar-refractivity contribution in [3.8, 4) is 11.5 Å². The zero-order chi connectivity index (χ0) is 12.5. The van der Waals surface area contributed by atoms with Crippen LogP contribution in [0, 0.1) is 0 Å². The molecule has 2 heterocycles. The molecule has 1 saturated carbocycles. The Hall–Kier alpha value is -1.17. The summed E-state index contributed by atoms with van der Waals surface area (Å²) in [5.74, 6) is 0.911. The van der Waals surface area contributed by atoms with Crippen LogP contribution in [-0.4, -0.2) is 21.2 Å². The first-order valence-corrected chi connectivity index (χ1v) is 6.35. The smallest absolute Gasteiger partial charge is 0.240 e. The SMILES string of the molecule is Clc1cnc(-c2noc(CNC3CC3)n2)c(Cl)c1. The molecule has 1 aliphatic carbocycles. The minimum Gasteiger partial charge on any atom is -0.337 e. The fraction of sp³-hybridized carbons (Fsp3) is 0.364. The largest absolute Gasteiger partial charge is 0.337 e. The van der Waals surface area contributed by atoms with E-state index >= 15 is 0 Å². The maximum absolute atomic E-state index is 6.03. The van der Waals surface area contributed by atoms with E-state index in [1.807, 2.05) is 0 Å². The highest BCUT2D eigenvalue weighted by atomic mass is 35.5. The van der Waals surface area contributed by atoms with E-state index in [-0.39, 0.29) is 0 Å². The molecule has 94 valence electrons. The summed E-state index contributed by atoms with van der Waals surface area (Å²) in [6, 6.07) is 2.20. The summed E-state index contributed by atoms with van der Waals surface area (Å²) in [6.45, 7) is 0.572. The van der Waals surface area contributed by atoms with E-state index in [2.05, 4.69) is 20.4 Å². The summed E-state index contributed by atoms with van der Waals surface area (Å²) >= 11 is 11.8. The van der Waals surface area contributed by atoms with E-state index in [0.717, 1.165) is 0 Å². The van der Waals surface area contributed by atoms with Gasteiger partial charge in [-0.2, -0.15) is 4.98 Å². The van der Waals surface area contributed by atoms with Gasteiger partial charge in [-0.3, -0.25) is 0 Å². The van der Waals surface area contributed by atoms with Gasteiger partial charge < -0.3 is 9.84 Å². The molecule has 0 aliphatic heterocycles. The van der Waals surface area contributed by atoms with Crippen LogP contribution in [0.15, 0.2) is 16.8 Å². The second kappa shape index (κ2) is 4.84. The van der Waals surface area contributed by atoms with Crippen molar-refractivity contribution >= 4 is 23.2 Å². The van der Waals surface area contributed by atoms with Crippen molar-refractivity contribution in [2.45, 2.75) is 25.4 Å². The number of hydrogen-bond donors (Lipinski definition) is 1. The first kappa shape index (κ1) is 11.9. The zero-order valence-electron chi connectivity index (χ0n) is 9.36. The highest BCUT2D eigenvalue weighted by molar-refractivity contribution is 6.35. The molecule has 3 rings (SSSR count).